The molecule has 0 spiro atoms. The van der Waals surface area contributed by atoms with E-state index >= 15 is 0 Å². The fourth-order valence-electron chi connectivity index (χ4n) is 3.17. The number of Topliss-reactive ketones (excluding diaryl/α,β-unsaturated/α-hetero) is 1. The summed E-state index contributed by atoms with van der Waals surface area (Å²) in [6.45, 7) is 6.87. The van der Waals surface area contributed by atoms with Gasteiger partial charge in [0.15, 0.2) is 5.78 Å². The van der Waals surface area contributed by atoms with Crippen LogP contribution in [0, 0.1) is 0 Å². The van der Waals surface area contributed by atoms with Crippen molar-refractivity contribution in [2.75, 3.05) is 37.7 Å². The molecule has 3 rings (SSSR count). The van der Waals surface area contributed by atoms with Crippen molar-refractivity contribution in [2.45, 2.75) is 13.8 Å². The van der Waals surface area contributed by atoms with Gasteiger partial charge in [-0.15, -0.1) is 0 Å². The zero-order chi connectivity index (χ0) is 18.5. The first kappa shape index (κ1) is 18.0. The molecule has 1 fully saturated rings. The van der Waals surface area contributed by atoms with Crippen LogP contribution in [-0.4, -0.2) is 49.4 Å². The molecule has 2 aromatic rings. The van der Waals surface area contributed by atoms with Gasteiger partial charge in [0, 0.05) is 37.4 Å². The van der Waals surface area contributed by atoms with Crippen LogP contribution in [0.5, 0.6) is 5.75 Å². The molecule has 1 saturated heterocycles. The number of nitrogens with zero attached hydrogens (tertiary/aromatic N) is 2. The van der Waals surface area contributed by atoms with Gasteiger partial charge < -0.3 is 14.5 Å². The molecule has 0 atom stereocenters. The Bertz CT molecular complexity index is 778. The fourth-order valence-corrected chi connectivity index (χ4v) is 3.17. The van der Waals surface area contributed by atoms with Crippen molar-refractivity contribution < 1.29 is 14.3 Å². The van der Waals surface area contributed by atoms with Crippen LogP contribution >= 0.6 is 0 Å². The van der Waals surface area contributed by atoms with Crippen molar-refractivity contribution in [1.82, 2.24) is 4.90 Å². The summed E-state index contributed by atoms with van der Waals surface area (Å²) in [4.78, 5) is 28.4. The van der Waals surface area contributed by atoms with Crippen LogP contribution < -0.4 is 9.64 Å². The number of hydrogen-bond donors (Lipinski definition) is 0. The van der Waals surface area contributed by atoms with E-state index in [1.165, 1.54) is 0 Å². The van der Waals surface area contributed by atoms with Crippen LogP contribution in [-0.2, 0) is 0 Å². The Kier molecular flexibility index (Phi) is 5.56. The monoisotopic (exact) mass is 352 g/mol. The Morgan fingerprint density at radius 1 is 0.962 bits per heavy atom. The maximum Gasteiger partial charge on any atom is 0.257 e. The van der Waals surface area contributed by atoms with Crippen molar-refractivity contribution >= 4 is 17.4 Å². The minimum Gasteiger partial charge on any atom is -0.493 e. The third kappa shape index (κ3) is 3.87. The largest absolute Gasteiger partial charge is 0.493 e. The van der Waals surface area contributed by atoms with Gasteiger partial charge in [-0.1, -0.05) is 12.1 Å². The SMILES string of the molecule is CCOc1ccccc1C(=O)N1CCN(c2ccc(C(C)=O)cc2)CC1. The van der Waals surface area contributed by atoms with Gasteiger partial charge in [-0.2, -0.15) is 0 Å². The Balaban J connectivity index is 1.65. The quantitative estimate of drug-likeness (QED) is 0.775. The van der Waals surface area contributed by atoms with Crippen molar-refractivity contribution in [1.29, 1.82) is 0 Å². The van der Waals surface area contributed by atoms with E-state index in [2.05, 4.69) is 4.90 Å². The molecular formula is C21H24N2O3. The molecule has 0 aliphatic carbocycles. The van der Waals surface area contributed by atoms with E-state index in [9.17, 15) is 9.59 Å². The van der Waals surface area contributed by atoms with E-state index < -0.39 is 0 Å². The Hall–Kier alpha value is -2.82. The van der Waals surface area contributed by atoms with E-state index in [-0.39, 0.29) is 11.7 Å². The summed E-state index contributed by atoms with van der Waals surface area (Å²) in [5.41, 5.74) is 2.42. The molecule has 1 aliphatic heterocycles. The summed E-state index contributed by atoms with van der Waals surface area (Å²) in [5.74, 6) is 0.725. The number of anilines is 1. The Labute approximate surface area is 154 Å². The molecule has 1 amide bonds. The number of carbonyl (C=O) groups is 2. The van der Waals surface area contributed by atoms with E-state index in [0.29, 0.717) is 31.0 Å². The van der Waals surface area contributed by atoms with Gasteiger partial charge in [0.05, 0.1) is 12.2 Å². The molecule has 0 bridgehead atoms. The molecule has 0 unspecified atom stereocenters. The van der Waals surface area contributed by atoms with Crippen molar-refractivity contribution in [3.8, 4) is 5.75 Å². The highest BCUT2D eigenvalue weighted by atomic mass is 16.5. The molecule has 0 saturated carbocycles. The molecule has 5 heteroatoms. The van der Waals surface area contributed by atoms with Crippen molar-refractivity contribution in [2.24, 2.45) is 0 Å². The molecular weight excluding hydrogens is 328 g/mol. The normalized spacial score (nSPS) is 14.2. The zero-order valence-electron chi connectivity index (χ0n) is 15.3. The molecule has 2 aromatic carbocycles. The highest BCUT2D eigenvalue weighted by Gasteiger charge is 2.24. The van der Waals surface area contributed by atoms with Crippen molar-refractivity contribution in [3.63, 3.8) is 0 Å². The summed E-state index contributed by atoms with van der Waals surface area (Å²) in [7, 11) is 0. The van der Waals surface area contributed by atoms with Gasteiger partial charge in [0.25, 0.3) is 5.91 Å². The molecule has 136 valence electrons. The smallest absolute Gasteiger partial charge is 0.257 e. The lowest BCUT2D eigenvalue weighted by Gasteiger charge is -2.36. The number of ether oxygens (including phenoxy) is 1. The first-order valence-corrected chi connectivity index (χ1v) is 8.97. The average Bonchev–Trinajstić information content (AvgIpc) is 2.68. The second-order valence-electron chi connectivity index (χ2n) is 6.31. The minimum atomic E-state index is 0.0145. The molecule has 0 radical (unpaired) electrons. The van der Waals surface area contributed by atoms with Gasteiger partial charge in [-0.05, 0) is 50.2 Å². The van der Waals surface area contributed by atoms with Gasteiger partial charge >= 0.3 is 0 Å². The van der Waals surface area contributed by atoms with Gasteiger partial charge in [-0.25, -0.2) is 0 Å². The van der Waals surface area contributed by atoms with E-state index in [1.54, 1.807) is 6.92 Å². The van der Waals surface area contributed by atoms with Gasteiger partial charge in [-0.3, -0.25) is 9.59 Å². The number of para-hydroxylation sites is 1. The summed E-state index contributed by atoms with van der Waals surface area (Å²) < 4.78 is 5.58. The third-order valence-corrected chi connectivity index (χ3v) is 4.62. The fraction of sp³-hybridized carbons (Fsp3) is 0.333. The summed E-state index contributed by atoms with van der Waals surface area (Å²) in [6, 6.07) is 15.1. The molecule has 1 heterocycles. The number of rotatable bonds is 5. The number of carbonyl (C=O) groups excluding carboxylic acids is 2. The van der Waals surface area contributed by atoms with Gasteiger partial charge in [0.2, 0.25) is 0 Å². The van der Waals surface area contributed by atoms with E-state index in [4.69, 9.17) is 4.74 Å². The lowest BCUT2D eigenvalue weighted by molar-refractivity contribution is 0.0742. The summed E-state index contributed by atoms with van der Waals surface area (Å²) >= 11 is 0. The third-order valence-electron chi connectivity index (χ3n) is 4.62. The van der Waals surface area contributed by atoms with Crippen LogP contribution in [0.4, 0.5) is 5.69 Å². The van der Waals surface area contributed by atoms with Crippen LogP contribution in [0.2, 0.25) is 0 Å². The van der Waals surface area contributed by atoms with Crippen molar-refractivity contribution in [3.05, 3.63) is 59.7 Å². The number of benzene rings is 2. The predicted octanol–water partition coefficient (Wildman–Crippen LogP) is 3.25. The van der Waals surface area contributed by atoms with Crippen LogP contribution in [0.15, 0.2) is 48.5 Å². The predicted molar refractivity (Wildman–Crippen MR) is 102 cm³/mol. The Morgan fingerprint density at radius 2 is 1.62 bits per heavy atom. The maximum atomic E-state index is 12.8. The number of piperazine rings is 1. The first-order valence-electron chi connectivity index (χ1n) is 8.97. The van der Waals surface area contributed by atoms with Crippen LogP contribution in [0.25, 0.3) is 0 Å². The first-order chi connectivity index (χ1) is 12.6. The molecule has 26 heavy (non-hydrogen) atoms. The molecule has 0 N–H and O–H groups in total. The number of ketones is 1. The molecule has 0 aromatic heterocycles. The standard InChI is InChI=1S/C21H24N2O3/c1-3-26-20-7-5-4-6-19(20)21(25)23-14-12-22(13-15-23)18-10-8-17(9-11-18)16(2)24/h4-11H,3,12-15H2,1-2H3. The average molecular weight is 352 g/mol. The minimum absolute atomic E-state index is 0.0145. The zero-order valence-corrected chi connectivity index (χ0v) is 15.3. The van der Waals surface area contributed by atoms with E-state index in [1.807, 2.05) is 60.4 Å². The number of amides is 1. The molecule has 1 aliphatic rings. The van der Waals surface area contributed by atoms with Gasteiger partial charge in [0.1, 0.15) is 5.75 Å². The highest BCUT2D eigenvalue weighted by molar-refractivity contribution is 5.97. The second kappa shape index (κ2) is 8.04. The Morgan fingerprint density at radius 3 is 2.23 bits per heavy atom. The van der Waals surface area contributed by atoms with Crippen LogP contribution in [0.3, 0.4) is 0 Å². The lowest BCUT2D eigenvalue weighted by atomic mass is 10.1. The second-order valence-corrected chi connectivity index (χ2v) is 6.31. The van der Waals surface area contributed by atoms with E-state index in [0.717, 1.165) is 24.3 Å². The highest BCUT2D eigenvalue weighted by Crippen LogP contribution is 2.22. The maximum absolute atomic E-state index is 12.8. The lowest BCUT2D eigenvalue weighted by Crippen LogP contribution is -2.48. The van der Waals surface area contributed by atoms with Crippen LogP contribution in [0.1, 0.15) is 34.6 Å². The summed E-state index contributed by atoms with van der Waals surface area (Å²) in [6.07, 6.45) is 0. The topological polar surface area (TPSA) is 49.9 Å². The molecule has 5 nitrogen and oxygen atoms in total. The number of hydrogen-bond acceptors (Lipinski definition) is 4. The summed E-state index contributed by atoms with van der Waals surface area (Å²) in [5, 5.41) is 0.